The van der Waals surface area contributed by atoms with Crippen molar-refractivity contribution in [1.29, 1.82) is 0 Å². The number of aromatic nitrogens is 1. The molecule has 0 aliphatic rings. The standard InChI is InChI=1S/C9H13N.2ClH.2H2O.Ti/c1-3-8(4-2)9-5-6-10-7-9;;;;;/h5-8,10H,1-4H2;2*1H;2*1H2;/q-2;;;;;+4/p-2. The molecule has 0 aliphatic carbocycles. The minimum Gasteiger partial charge on any atom is -1.00 e. The Bertz CT molecular complexity index is 182. The predicted molar refractivity (Wildman–Crippen MR) is 50.7 cm³/mol. The maximum absolute atomic E-state index is 3.86. The van der Waals surface area contributed by atoms with Gasteiger partial charge in [0.25, 0.3) is 0 Å². The smallest absolute Gasteiger partial charge is 1.00 e. The first-order valence-electron chi connectivity index (χ1n) is 3.59. The van der Waals surface area contributed by atoms with E-state index in [-0.39, 0.29) is 57.5 Å². The summed E-state index contributed by atoms with van der Waals surface area (Å²) in [6.07, 6.45) is 5.82. The molecule has 0 amide bonds. The Kier molecular flexibility index (Phi) is 33.3. The number of H-pyrrole nitrogens is 1. The van der Waals surface area contributed by atoms with Crippen molar-refractivity contribution in [3.63, 3.8) is 0 Å². The van der Waals surface area contributed by atoms with E-state index in [9.17, 15) is 0 Å². The van der Waals surface area contributed by atoms with Crippen LogP contribution in [0, 0.1) is 13.8 Å². The average molecular weight is 290 g/mol. The summed E-state index contributed by atoms with van der Waals surface area (Å²) in [5.41, 5.74) is 1.32. The molecule has 0 unspecified atom stereocenters. The van der Waals surface area contributed by atoms with Crippen molar-refractivity contribution >= 4 is 0 Å². The number of halogens is 2. The van der Waals surface area contributed by atoms with E-state index in [0.717, 1.165) is 12.8 Å². The molecule has 0 saturated carbocycles. The molecule has 0 radical (unpaired) electrons. The van der Waals surface area contributed by atoms with Crippen LogP contribution in [-0.4, -0.2) is 15.9 Å². The van der Waals surface area contributed by atoms with Crippen LogP contribution in [0.4, 0.5) is 0 Å². The van der Waals surface area contributed by atoms with Crippen molar-refractivity contribution in [3.05, 3.63) is 37.9 Å². The topological polar surface area (TPSA) is 78.8 Å². The summed E-state index contributed by atoms with van der Waals surface area (Å²) >= 11 is 0. The second-order valence-electron chi connectivity index (χ2n) is 2.42. The molecule has 5 N–H and O–H groups in total. The maximum atomic E-state index is 3.86. The summed E-state index contributed by atoms with van der Waals surface area (Å²) in [7, 11) is 0. The Labute approximate surface area is 119 Å². The zero-order valence-electron chi connectivity index (χ0n) is 8.39. The number of hydrogen-bond acceptors (Lipinski definition) is 0. The average Bonchev–Trinajstić information content (AvgIpc) is 2.43. The van der Waals surface area contributed by atoms with E-state index in [4.69, 9.17) is 0 Å². The van der Waals surface area contributed by atoms with Gasteiger partial charge in [0, 0.05) is 12.4 Å². The van der Waals surface area contributed by atoms with E-state index >= 15 is 0 Å². The molecule has 88 valence electrons. The second-order valence-corrected chi connectivity index (χ2v) is 2.42. The van der Waals surface area contributed by atoms with Gasteiger partial charge >= 0.3 is 21.7 Å². The molecule has 0 bridgehead atoms. The number of hydrogen-bond donors (Lipinski definition) is 1. The van der Waals surface area contributed by atoms with Crippen LogP contribution in [0.15, 0.2) is 18.5 Å². The summed E-state index contributed by atoms with van der Waals surface area (Å²) in [4.78, 5) is 3.02. The van der Waals surface area contributed by atoms with E-state index in [1.807, 2.05) is 12.4 Å². The Morgan fingerprint density at radius 2 is 1.60 bits per heavy atom. The molecule has 15 heavy (non-hydrogen) atoms. The van der Waals surface area contributed by atoms with Gasteiger partial charge in [0.1, 0.15) is 0 Å². The summed E-state index contributed by atoms with van der Waals surface area (Å²) < 4.78 is 0. The van der Waals surface area contributed by atoms with Gasteiger partial charge in [0.15, 0.2) is 0 Å². The first-order valence-corrected chi connectivity index (χ1v) is 3.59. The zero-order valence-corrected chi connectivity index (χ0v) is 11.5. The molecular weight excluding hydrogens is 273 g/mol. The van der Waals surface area contributed by atoms with Gasteiger partial charge in [0.05, 0.1) is 0 Å². The molecule has 3 nitrogen and oxygen atoms in total. The van der Waals surface area contributed by atoms with Crippen LogP contribution in [0.5, 0.6) is 0 Å². The molecule has 1 heterocycles. The van der Waals surface area contributed by atoms with Crippen LogP contribution in [0.2, 0.25) is 0 Å². The van der Waals surface area contributed by atoms with Crippen LogP contribution in [0.1, 0.15) is 24.3 Å². The SMILES string of the molecule is O.O.[CH2-]CC(C[CH2-])c1cc[nH]c1.[Cl-].[Cl-].[Ti+4]. The molecule has 0 aromatic carbocycles. The third-order valence-corrected chi connectivity index (χ3v) is 1.79. The Hall–Kier alpha value is 0.494. The summed E-state index contributed by atoms with van der Waals surface area (Å²) in [5, 5.41) is 0. The van der Waals surface area contributed by atoms with E-state index in [1.165, 1.54) is 5.56 Å². The minimum atomic E-state index is 0. The summed E-state index contributed by atoms with van der Waals surface area (Å²) in [5.74, 6) is 0.534. The summed E-state index contributed by atoms with van der Waals surface area (Å²) in [6.45, 7) is 7.72. The molecule has 0 spiro atoms. The largest absolute Gasteiger partial charge is 4.00 e. The van der Waals surface area contributed by atoms with E-state index in [2.05, 4.69) is 24.9 Å². The first kappa shape index (κ1) is 29.6. The monoisotopic (exact) mass is 289 g/mol. The number of aromatic amines is 1. The fraction of sp³-hybridized carbons (Fsp3) is 0.333. The fourth-order valence-corrected chi connectivity index (χ4v) is 1.07. The fourth-order valence-electron chi connectivity index (χ4n) is 1.07. The van der Waals surface area contributed by atoms with Crippen molar-refractivity contribution in [2.45, 2.75) is 18.8 Å². The van der Waals surface area contributed by atoms with Gasteiger partial charge in [-0.2, -0.15) is 12.8 Å². The quantitative estimate of drug-likeness (QED) is 0.427. The van der Waals surface area contributed by atoms with Crippen molar-refractivity contribution in [2.75, 3.05) is 0 Å². The molecule has 1 rings (SSSR count). The normalized spacial score (nSPS) is 7.13. The number of nitrogens with one attached hydrogen (secondary N) is 1. The van der Waals surface area contributed by atoms with Crippen LogP contribution in [0.3, 0.4) is 0 Å². The molecule has 6 heteroatoms. The van der Waals surface area contributed by atoms with Gasteiger partial charge in [0.2, 0.25) is 0 Å². The maximum Gasteiger partial charge on any atom is 4.00 e. The van der Waals surface area contributed by atoms with Gasteiger partial charge < -0.3 is 54.6 Å². The molecule has 1 aromatic rings. The van der Waals surface area contributed by atoms with Crippen LogP contribution in [-0.2, 0) is 21.7 Å². The minimum absolute atomic E-state index is 0. The van der Waals surface area contributed by atoms with Crippen molar-refractivity contribution in [1.82, 2.24) is 4.98 Å². The molecule has 0 aliphatic heterocycles. The molecule has 0 atom stereocenters. The van der Waals surface area contributed by atoms with Gasteiger partial charge in [-0.15, -0.1) is 0 Å². The third-order valence-electron chi connectivity index (χ3n) is 1.79. The third kappa shape index (κ3) is 9.42. The van der Waals surface area contributed by atoms with E-state index in [1.54, 1.807) is 0 Å². The summed E-state index contributed by atoms with van der Waals surface area (Å²) in [6, 6.07) is 2.08. The molecule has 0 saturated heterocycles. The Morgan fingerprint density at radius 1 is 1.13 bits per heavy atom. The second kappa shape index (κ2) is 16.9. The molecule has 0 fully saturated rings. The van der Waals surface area contributed by atoms with Crippen LogP contribution < -0.4 is 24.8 Å². The molecular formula is C9H17Cl2NO2Ti. The zero-order chi connectivity index (χ0) is 7.40. The van der Waals surface area contributed by atoms with Crippen molar-refractivity contribution in [3.8, 4) is 0 Å². The van der Waals surface area contributed by atoms with Crippen molar-refractivity contribution < 1.29 is 57.5 Å². The Morgan fingerprint density at radius 3 is 1.87 bits per heavy atom. The first-order chi connectivity index (χ1) is 4.88. The van der Waals surface area contributed by atoms with Crippen LogP contribution >= 0.6 is 0 Å². The molecule has 1 aromatic heterocycles. The van der Waals surface area contributed by atoms with Crippen molar-refractivity contribution in [2.24, 2.45) is 0 Å². The van der Waals surface area contributed by atoms with E-state index in [0.29, 0.717) is 5.92 Å². The van der Waals surface area contributed by atoms with Gasteiger partial charge in [-0.1, -0.05) is 5.92 Å². The van der Waals surface area contributed by atoms with Gasteiger partial charge in [-0.25, -0.2) is 0 Å². The van der Waals surface area contributed by atoms with Gasteiger partial charge in [-0.05, 0) is 11.6 Å². The number of rotatable bonds is 3. The van der Waals surface area contributed by atoms with E-state index < -0.39 is 0 Å². The Balaban J connectivity index is -0.0000000667. The van der Waals surface area contributed by atoms with Gasteiger partial charge in [-0.3, -0.25) is 0 Å². The predicted octanol–water partition coefficient (Wildman–Crippen LogP) is -5.10. The van der Waals surface area contributed by atoms with Crippen LogP contribution in [0.25, 0.3) is 0 Å².